The van der Waals surface area contributed by atoms with Crippen LogP contribution in [0.15, 0.2) is 18.2 Å². The number of fused-ring (bicyclic) bond motifs is 1. The Morgan fingerprint density at radius 2 is 1.80 bits per heavy atom. The first-order valence-corrected chi connectivity index (χ1v) is 12.7. The quantitative estimate of drug-likeness (QED) is 0.439. The summed E-state index contributed by atoms with van der Waals surface area (Å²) < 4.78 is 10.9. The number of unbranched alkanes of at least 4 members (excludes halogenated alkanes) is 2. The summed E-state index contributed by atoms with van der Waals surface area (Å²) in [4.78, 5) is 41.2. The van der Waals surface area contributed by atoms with Crippen LogP contribution in [0.3, 0.4) is 0 Å². The highest BCUT2D eigenvalue weighted by Crippen LogP contribution is 2.42. The average Bonchev–Trinajstić information content (AvgIpc) is 3.43. The van der Waals surface area contributed by atoms with E-state index in [4.69, 9.17) is 9.47 Å². The Balaban J connectivity index is 1.84. The number of nitrogens with one attached hydrogen (secondary N) is 1. The van der Waals surface area contributed by atoms with E-state index in [1.165, 1.54) is 6.92 Å². The molecule has 1 saturated heterocycles. The number of carbonyl (C=O) groups excluding carboxylic acids is 2. The first-order chi connectivity index (χ1) is 16.8. The minimum absolute atomic E-state index is 0.0342. The van der Waals surface area contributed by atoms with Crippen LogP contribution in [0.25, 0.3) is 0 Å². The Morgan fingerprint density at radius 3 is 2.43 bits per heavy atom. The number of benzene rings is 1. The van der Waals surface area contributed by atoms with Crippen molar-refractivity contribution in [3.63, 3.8) is 0 Å². The Morgan fingerprint density at radius 1 is 1.11 bits per heavy atom. The van der Waals surface area contributed by atoms with Crippen LogP contribution >= 0.6 is 0 Å². The molecule has 2 amide bonds. The van der Waals surface area contributed by atoms with Crippen LogP contribution in [-0.2, 0) is 14.4 Å². The van der Waals surface area contributed by atoms with Crippen LogP contribution in [0.1, 0.15) is 64.4 Å². The van der Waals surface area contributed by atoms with Crippen LogP contribution in [0.2, 0.25) is 0 Å². The number of rotatable bonds is 13. The number of aliphatic carboxylic acids is 1. The molecule has 0 unspecified atom stereocenters. The molecular formula is C26H39N3O6. The van der Waals surface area contributed by atoms with Gasteiger partial charge in [0.1, 0.15) is 0 Å². The van der Waals surface area contributed by atoms with Crippen molar-refractivity contribution in [1.82, 2.24) is 15.1 Å². The summed E-state index contributed by atoms with van der Waals surface area (Å²) in [5, 5.41) is 13.0. The van der Waals surface area contributed by atoms with E-state index in [2.05, 4.69) is 19.2 Å². The van der Waals surface area contributed by atoms with Gasteiger partial charge in [-0.3, -0.25) is 19.3 Å². The maximum Gasteiger partial charge on any atom is 0.308 e. The molecule has 9 heteroatoms. The van der Waals surface area contributed by atoms with Crippen LogP contribution < -0.4 is 14.8 Å². The SMILES string of the molecule is CCCCN(CCCC)C(=O)CN1C[C@H](c2ccc3c(c2)OCO3)[C@@H](C(=O)O)[C@@H]1CCNC(C)=O. The van der Waals surface area contributed by atoms with Crippen LogP contribution in [0, 0.1) is 5.92 Å². The summed E-state index contributed by atoms with van der Waals surface area (Å²) in [5.41, 5.74) is 0.856. The Hall–Kier alpha value is -2.81. The van der Waals surface area contributed by atoms with E-state index < -0.39 is 11.9 Å². The minimum Gasteiger partial charge on any atom is -0.481 e. The number of carbonyl (C=O) groups is 3. The van der Waals surface area contributed by atoms with Crippen molar-refractivity contribution in [2.24, 2.45) is 5.92 Å². The highest BCUT2D eigenvalue weighted by atomic mass is 16.7. The zero-order valence-electron chi connectivity index (χ0n) is 21.1. The van der Waals surface area contributed by atoms with Crippen molar-refractivity contribution in [1.29, 1.82) is 0 Å². The molecule has 0 radical (unpaired) electrons. The van der Waals surface area contributed by atoms with Gasteiger partial charge < -0.3 is 24.8 Å². The third-order valence-electron chi connectivity index (χ3n) is 6.93. The van der Waals surface area contributed by atoms with Gasteiger partial charge in [-0.25, -0.2) is 0 Å². The molecule has 0 aromatic heterocycles. The molecule has 2 N–H and O–H groups in total. The molecule has 1 fully saturated rings. The minimum atomic E-state index is -0.899. The lowest BCUT2D eigenvalue weighted by Crippen LogP contribution is -2.45. The number of ether oxygens (including phenoxy) is 2. The van der Waals surface area contributed by atoms with E-state index >= 15 is 0 Å². The second-order valence-corrected chi connectivity index (χ2v) is 9.44. The first kappa shape index (κ1) is 26.8. The first-order valence-electron chi connectivity index (χ1n) is 12.7. The highest BCUT2D eigenvalue weighted by Gasteiger charge is 2.47. The molecule has 0 bridgehead atoms. The maximum atomic E-state index is 13.3. The summed E-state index contributed by atoms with van der Waals surface area (Å²) in [6, 6.07) is 5.18. The lowest BCUT2D eigenvalue weighted by molar-refractivity contribution is -0.143. The molecule has 0 saturated carbocycles. The second kappa shape index (κ2) is 12.8. The van der Waals surface area contributed by atoms with E-state index in [0.717, 1.165) is 31.2 Å². The largest absolute Gasteiger partial charge is 0.481 e. The number of hydrogen-bond acceptors (Lipinski definition) is 6. The van der Waals surface area contributed by atoms with Crippen molar-refractivity contribution in [3.8, 4) is 11.5 Å². The van der Waals surface area contributed by atoms with Gasteiger partial charge in [-0.15, -0.1) is 0 Å². The van der Waals surface area contributed by atoms with Crippen molar-refractivity contribution in [2.75, 3.05) is 39.5 Å². The summed E-state index contributed by atoms with van der Waals surface area (Å²) in [5.74, 6) is -0.781. The molecule has 35 heavy (non-hydrogen) atoms. The fourth-order valence-electron chi connectivity index (χ4n) is 5.06. The third kappa shape index (κ3) is 6.87. The molecule has 1 aromatic rings. The Bertz CT molecular complexity index is 884. The smallest absolute Gasteiger partial charge is 0.308 e. The monoisotopic (exact) mass is 489 g/mol. The average molecular weight is 490 g/mol. The molecule has 0 aliphatic carbocycles. The van der Waals surface area contributed by atoms with Gasteiger partial charge in [-0.05, 0) is 37.0 Å². The van der Waals surface area contributed by atoms with Gasteiger partial charge in [0.25, 0.3) is 0 Å². The van der Waals surface area contributed by atoms with Gasteiger partial charge in [-0.2, -0.15) is 0 Å². The van der Waals surface area contributed by atoms with Crippen molar-refractivity contribution in [2.45, 2.75) is 64.8 Å². The predicted molar refractivity (Wildman–Crippen MR) is 131 cm³/mol. The summed E-state index contributed by atoms with van der Waals surface area (Å²) in [6.07, 6.45) is 4.35. The molecular weight excluding hydrogens is 450 g/mol. The Labute approximate surface area is 207 Å². The molecule has 2 aliphatic heterocycles. The number of hydrogen-bond donors (Lipinski definition) is 2. The topological polar surface area (TPSA) is 108 Å². The van der Waals surface area contributed by atoms with Crippen LogP contribution in [0.4, 0.5) is 0 Å². The van der Waals surface area contributed by atoms with Crippen molar-refractivity contribution < 1.29 is 29.0 Å². The highest BCUT2D eigenvalue weighted by molar-refractivity contribution is 5.79. The molecule has 2 heterocycles. The van der Waals surface area contributed by atoms with E-state index in [-0.39, 0.29) is 37.1 Å². The molecule has 2 aliphatic rings. The lowest BCUT2D eigenvalue weighted by atomic mass is 9.84. The fourth-order valence-corrected chi connectivity index (χ4v) is 5.06. The van der Waals surface area contributed by atoms with E-state index in [1.807, 2.05) is 28.0 Å². The van der Waals surface area contributed by atoms with E-state index in [1.54, 1.807) is 0 Å². The van der Waals surface area contributed by atoms with Crippen molar-refractivity contribution in [3.05, 3.63) is 23.8 Å². The molecule has 9 nitrogen and oxygen atoms in total. The molecule has 194 valence electrons. The summed E-state index contributed by atoms with van der Waals surface area (Å²) in [7, 11) is 0. The van der Waals surface area contributed by atoms with Gasteiger partial charge in [0.05, 0.1) is 12.5 Å². The standard InChI is InChI=1S/C26H39N3O6/c1-4-6-12-28(13-7-5-2)24(31)16-29-15-20(19-8-9-22-23(14-19)35-17-34-22)25(26(32)33)21(29)10-11-27-18(3)30/h8-9,14,20-21,25H,4-7,10-13,15-17H2,1-3H3,(H,27,30)(H,32,33)/t20-,21+,25-/m1/s1. The van der Waals surface area contributed by atoms with Crippen molar-refractivity contribution >= 4 is 17.8 Å². The van der Waals surface area contributed by atoms with Gasteiger partial charge in [-0.1, -0.05) is 32.8 Å². The van der Waals surface area contributed by atoms with Gasteiger partial charge in [0.15, 0.2) is 11.5 Å². The number of nitrogens with zero attached hydrogens (tertiary/aromatic N) is 2. The van der Waals surface area contributed by atoms with E-state index in [0.29, 0.717) is 44.1 Å². The zero-order valence-corrected chi connectivity index (χ0v) is 21.1. The molecule has 1 aromatic carbocycles. The number of carboxylic acid groups (broad SMARTS) is 1. The normalized spacial score (nSPS) is 21.2. The number of amides is 2. The van der Waals surface area contributed by atoms with Gasteiger partial charge in [0, 0.05) is 45.1 Å². The van der Waals surface area contributed by atoms with Crippen LogP contribution in [-0.4, -0.2) is 78.2 Å². The maximum absolute atomic E-state index is 13.3. The molecule has 0 spiro atoms. The van der Waals surface area contributed by atoms with Crippen LogP contribution in [0.5, 0.6) is 11.5 Å². The van der Waals surface area contributed by atoms with Gasteiger partial charge in [0.2, 0.25) is 18.6 Å². The lowest BCUT2D eigenvalue weighted by Gasteiger charge is -2.29. The zero-order chi connectivity index (χ0) is 25.4. The fraction of sp³-hybridized carbons (Fsp3) is 0.654. The Kier molecular flexibility index (Phi) is 9.77. The van der Waals surface area contributed by atoms with E-state index in [9.17, 15) is 19.5 Å². The van der Waals surface area contributed by atoms with Gasteiger partial charge >= 0.3 is 5.97 Å². The molecule has 3 rings (SSSR count). The predicted octanol–water partition coefficient (Wildman–Crippen LogP) is 2.84. The number of carboxylic acids is 1. The second-order valence-electron chi connectivity index (χ2n) is 9.44. The number of likely N-dealkylation sites (tertiary alicyclic amines) is 1. The summed E-state index contributed by atoms with van der Waals surface area (Å²) in [6.45, 7) is 8.21. The summed E-state index contributed by atoms with van der Waals surface area (Å²) >= 11 is 0. The molecule has 3 atom stereocenters. The third-order valence-corrected chi connectivity index (χ3v) is 6.93.